The number of hydrogen-bond acceptors (Lipinski definition) is 7. The van der Waals surface area contributed by atoms with Crippen LogP contribution in [0, 0.1) is 0 Å². The maximum atomic E-state index is 13.3. The van der Waals surface area contributed by atoms with Gasteiger partial charge in [-0.25, -0.2) is 9.67 Å². The Morgan fingerprint density at radius 2 is 1.89 bits per heavy atom. The topological polar surface area (TPSA) is 128 Å². The predicted molar refractivity (Wildman–Crippen MR) is 142 cm³/mol. The van der Waals surface area contributed by atoms with Crippen molar-refractivity contribution in [3.05, 3.63) is 107 Å². The first-order valence-corrected chi connectivity index (χ1v) is 12.3. The van der Waals surface area contributed by atoms with Gasteiger partial charge in [0.05, 0.1) is 11.2 Å². The highest BCUT2D eigenvalue weighted by atomic mass is 35.5. The number of aromatic nitrogens is 6. The van der Waals surface area contributed by atoms with E-state index in [-0.39, 0.29) is 11.6 Å². The normalized spacial score (nSPS) is 11.7. The number of benzene rings is 2. The molecule has 0 radical (unpaired) electrons. The van der Waals surface area contributed by atoms with Gasteiger partial charge in [0.25, 0.3) is 5.91 Å². The van der Waals surface area contributed by atoms with Crippen molar-refractivity contribution in [1.82, 2.24) is 40.8 Å². The lowest BCUT2D eigenvalue weighted by Crippen LogP contribution is -2.48. The second-order valence-electron chi connectivity index (χ2n) is 8.55. The molecule has 0 aliphatic rings. The van der Waals surface area contributed by atoms with Crippen LogP contribution in [0.25, 0.3) is 16.6 Å². The Hall–Kier alpha value is -4.70. The number of nitrogens with one attached hydrogen (secondary N) is 2. The minimum Gasteiger partial charge on any atom is -0.354 e. The van der Waals surface area contributed by atoms with Gasteiger partial charge >= 0.3 is 0 Å². The second-order valence-corrected chi connectivity index (χ2v) is 8.99. The smallest absolute Gasteiger partial charge is 0.270 e. The molecule has 0 saturated carbocycles. The molecule has 190 valence electrons. The average molecular weight is 527 g/mol. The zero-order valence-corrected chi connectivity index (χ0v) is 20.9. The van der Waals surface area contributed by atoms with Crippen LogP contribution in [-0.4, -0.2) is 54.6 Å². The zero-order valence-electron chi connectivity index (χ0n) is 20.2. The molecule has 2 N–H and O–H groups in total. The van der Waals surface area contributed by atoms with Gasteiger partial charge in [-0.05, 0) is 64.4 Å². The molecule has 0 unspecified atom stereocenters. The molecule has 5 rings (SSSR count). The summed E-state index contributed by atoms with van der Waals surface area (Å²) in [5.74, 6) is -0.742. The SMILES string of the molecule is O=C(N[C@@H](Cc1ccccc1)C(=O)NCCc1cc(Cl)ccc1-n1cnnn1)c1ccc2cnccc2n1. The van der Waals surface area contributed by atoms with E-state index in [4.69, 9.17) is 11.6 Å². The number of nitrogens with zero attached hydrogens (tertiary/aromatic N) is 6. The predicted octanol–water partition coefficient (Wildman–Crippen LogP) is 2.96. The summed E-state index contributed by atoms with van der Waals surface area (Å²) in [5, 5.41) is 18.5. The number of carbonyl (C=O) groups excluding carboxylic acids is 2. The molecule has 2 amide bonds. The Morgan fingerprint density at radius 3 is 2.71 bits per heavy atom. The van der Waals surface area contributed by atoms with Crippen molar-refractivity contribution in [2.75, 3.05) is 6.54 Å². The Balaban J connectivity index is 1.30. The van der Waals surface area contributed by atoms with Crippen molar-refractivity contribution < 1.29 is 9.59 Å². The van der Waals surface area contributed by atoms with Gasteiger partial charge in [-0.1, -0.05) is 41.9 Å². The molecule has 0 saturated heterocycles. The van der Waals surface area contributed by atoms with Crippen molar-refractivity contribution in [2.24, 2.45) is 0 Å². The fourth-order valence-corrected chi connectivity index (χ4v) is 4.27. The van der Waals surface area contributed by atoms with E-state index in [2.05, 4.69) is 36.1 Å². The molecule has 10 nitrogen and oxygen atoms in total. The third-order valence-corrected chi connectivity index (χ3v) is 6.19. The molecule has 5 aromatic rings. The second kappa shape index (κ2) is 11.6. The van der Waals surface area contributed by atoms with Gasteiger partial charge < -0.3 is 10.6 Å². The van der Waals surface area contributed by atoms with Gasteiger partial charge in [0.15, 0.2) is 0 Å². The minimum absolute atomic E-state index is 0.222. The number of halogens is 1. The number of amides is 2. The molecule has 3 heterocycles. The van der Waals surface area contributed by atoms with E-state index in [1.54, 1.807) is 41.3 Å². The molecule has 38 heavy (non-hydrogen) atoms. The number of pyridine rings is 2. The maximum absolute atomic E-state index is 13.3. The highest BCUT2D eigenvalue weighted by Gasteiger charge is 2.23. The molecule has 11 heteroatoms. The minimum atomic E-state index is -0.807. The van der Waals surface area contributed by atoms with Gasteiger partial charge in [-0.3, -0.25) is 14.6 Å². The summed E-state index contributed by atoms with van der Waals surface area (Å²) in [6.45, 7) is 0.316. The summed E-state index contributed by atoms with van der Waals surface area (Å²) >= 11 is 6.21. The summed E-state index contributed by atoms with van der Waals surface area (Å²) < 4.78 is 1.54. The van der Waals surface area contributed by atoms with Crippen molar-refractivity contribution in [1.29, 1.82) is 0 Å². The first-order valence-electron chi connectivity index (χ1n) is 11.9. The molecule has 3 aromatic heterocycles. The summed E-state index contributed by atoms with van der Waals surface area (Å²) in [6.07, 6.45) is 5.60. The van der Waals surface area contributed by atoms with Crippen LogP contribution in [-0.2, 0) is 17.6 Å². The lowest BCUT2D eigenvalue weighted by atomic mass is 10.0. The van der Waals surface area contributed by atoms with Gasteiger partial charge in [0.2, 0.25) is 5.91 Å². The van der Waals surface area contributed by atoms with Crippen LogP contribution < -0.4 is 10.6 Å². The number of hydrogen-bond donors (Lipinski definition) is 2. The number of carbonyl (C=O) groups is 2. The summed E-state index contributed by atoms with van der Waals surface area (Å²) in [7, 11) is 0. The molecule has 0 aliphatic carbocycles. The third kappa shape index (κ3) is 5.98. The van der Waals surface area contributed by atoms with E-state index < -0.39 is 11.9 Å². The third-order valence-electron chi connectivity index (χ3n) is 5.96. The largest absolute Gasteiger partial charge is 0.354 e. The van der Waals surface area contributed by atoms with Crippen LogP contribution in [0.4, 0.5) is 0 Å². The van der Waals surface area contributed by atoms with Crippen molar-refractivity contribution in [3.63, 3.8) is 0 Å². The molecule has 0 bridgehead atoms. The molecule has 2 aromatic carbocycles. The zero-order chi connectivity index (χ0) is 26.3. The van der Waals surface area contributed by atoms with Crippen LogP contribution in [0.1, 0.15) is 21.6 Å². The first-order chi connectivity index (χ1) is 18.6. The Bertz CT molecular complexity index is 1560. The highest BCUT2D eigenvalue weighted by molar-refractivity contribution is 6.30. The van der Waals surface area contributed by atoms with Crippen molar-refractivity contribution >= 4 is 34.3 Å². The molecular formula is C27H23ClN8O2. The van der Waals surface area contributed by atoms with Crippen LogP contribution in [0.5, 0.6) is 0 Å². The Morgan fingerprint density at radius 1 is 1.03 bits per heavy atom. The standard InChI is InChI=1S/C27H23ClN8O2/c28-21-7-9-25(36-17-31-34-35-36)19(15-21)10-13-30-26(37)24(14-18-4-2-1-3-5-18)33-27(38)23-8-6-20-16-29-12-11-22(20)32-23/h1-9,11-12,15-17,24H,10,13-14H2,(H,30,37)(H,33,38)/t24-/m0/s1. The lowest BCUT2D eigenvalue weighted by molar-refractivity contribution is -0.122. The van der Waals surface area contributed by atoms with Crippen molar-refractivity contribution in [3.8, 4) is 5.69 Å². The van der Waals surface area contributed by atoms with E-state index in [9.17, 15) is 9.59 Å². The van der Waals surface area contributed by atoms with E-state index in [1.807, 2.05) is 42.5 Å². The van der Waals surface area contributed by atoms with Gasteiger partial charge in [-0.15, -0.1) is 5.10 Å². The fraction of sp³-hybridized carbons (Fsp3) is 0.148. The van der Waals surface area contributed by atoms with E-state index in [0.29, 0.717) is 29.9 Å². The van der Waals surface area contributed by atoms with E-state index >= 15 is 0 Å². The molecule has 1 atom stereocenters. The lowest BCUT2D eigenvalue weighted by Gasteiger charge is -2.19. The molecular weight excluding hydrogens is 504 g/mol. The number of tetrazole rings is 1. The summed E-state index contributed by atoms with van der Waals surface area (Å²) in [6, 6.07) is 19.2. The summed E-state index contributed by atoms with van der Waals surface area (Å²) in [4.78, 5) is 34.9. The average Bonchev–Trinajstić information content (AvgIpc) is 3.48. The van der Waals surface area contributed by atoms with Gasteiger partial charge in [-0.2, -0.15) is 0 Å². The highest BCUT2D eigenvalue weighted by Crippen LogP contribution is 2.19. The monoisotopic (exact) mass is 526 g/mol. The quantitative estimate of drug-likeness (QED) is 0.302. The Kier molecular flexibility index (Phi) is 7.60. The van der Waals surface area contributed by atoms with Crippen LogP contribution in [0.3, 0.4) is 0 Å². The van der Waals surface area contributed by atoms with Crippen LogP contribution in [0.2, 0.25) is 5.02 Å². The molecule has 0 aliphatic heterocycles. The van der Waals surface area contributed by atoms with Crippen LogP contribution in [0.15, 0.2) is 85.5 Å². The van der Waals surface area contributed by atoms with Crippen LogP contribution >= 0.6 is 11.6 Å². The number of rotatable bonds is 9. The van der Waals surface area contributed by atoms with E-state index in [0.717, 1.165) is 22.2 Å². The summed E-state index contributed by atoms with van der Waals surface area (Å²) in [5.41, 5.74) is 3.42. The Labute approximate surface area is 223 Å². The molecule has 0 fully saturated rings. The molecule has 0 spiro atoms. The van der Waals surface area contributed by atoms with Gasteiger partial charge in [0, 0.05) is 35.8 Å². The first kappa shape index (κ1) is 25.0. The van der Waals surface area contributed by atoms with Gasteiger partial charge in [0.1, 0.15) is 18.1 Å². The number of fused-ring (bicyclic) bond motifs is 1. The van der Waals surface area contributed by atoms with E-state index in [1.165, 1.54) is 6.33 Å². The fourth-order valence-electron chi connectivity index (χ4n) is 4.08. The van der Waals surface area contributed by atoms with Crippen molar-refractivity contribution in [2.45, 2.75) is 18.9 Å². The maximum Gasteiger partial charge on any atom is 0.270 e.